The molecule has 6 heteroatoms. The fourth-order valence-electron chi connectivity index (χ4n) is 2.54. The van der Waals surface area contributed by atoms with E-state index in [-0.39, 0.29) is 36.2 Å². The van der Waals surface area contributed by atoms with Gasteiger partial charge in [-0.3, -0.25) is 14.9 Å². The maximum atomic E-state index is 11.5. The van der Waals surface area contributed by atoms with Gasteiger partial charge in [0, 0.05) is 18.3 Å². The van der Waals surface area contributed by atoms with Gasteiger partial charge in [-0.05, 0) is 12.8 Å². The van der Waals surface area contributed by atoms with Crippen molar-refractivity contribution >= 4 is 21.7 Å². The number of hydrogen-bond acceptors (Lipinski definition) is 4. The fourth-order valence-corrected chi connectivity index (χ4v) is 4.55. The van der Waals surface area contributed by atoms with Crippen LogP contribution in [0.3, 0.4) is 0 Å². The Morgan fingerprint density at radius 3 is 2.27 bits per heavy atom. The number of nitrogens with one attached hydrogen (secondary N) is 1. The second-order valence-corrected chi connectivity index (χ2v) is 6.70. The predicted molar refractivity (Wildman–Crippen MR) is 52.7 cm³/mol. The van der Waals surface area contributed by atoms with Gasteiger partial charge in [-0.2, -0.15) is 0 Å². The summed E-state index contributed by atoms with van der Waals surface area (Å²) in [6.07, 6.45) is 1.55. The third-order valence-electron chi connectivity index (χ3n) is 3.04. The molecule has 2 saturated heterocycles. The van der Waals surface area contributed by atoms with E-state index < -0.39 is 15.3 Å². The number of rotatable bonds is 0. The molecule has 0 aromatic carbocycles. The molecule has 0 aliphatic carbocycles. The zero-order valence-electron chi connectivity index (χ0n) is 8.28. The van der Waals surface area contributed by atoms with E-state index in [4.69, 9.17) is 0 Å². The number of hydrogen-bond donors (Lipinski definition) is 1. The number of amides is 2. The number of sulfone groups is 1. The van der Waals surface area contributed by atoms with Crippen molar-refractivity contribution in [3.63, 3.8) is 0 Å². The first kappa shape index (κ1) is 10.6. The number of imide groups is 1. The van der Waals surface area contributed by atoms with Gasteiger partial charge >= 0.3 is 0 Å². The molecule has 0 atom stereocenters. The molecule has 0 radical (unpaired) electrons. The van der Waals surface area contributed by atoms with Crippen molar-refractivity contribution in [3.8, 4) is 0 Å². The average Bonchev–Trinajstić information content (AvgIpc) is 1.97. The molecule has 2 rings (SSSR count). The molecular formula is C9H13NO4S. The fraction of sp³-hybridized carbons (Fsp3) is 0.778. The van der Waals surface area contributed by atoms with E-state index >= 15 is 0 Å². The van der Waals surface area contributed by atoms with Crippen molar-refractivity contribution in [1.82, 2.24) is 5.32 Å². The van der Waals surface area contributed by atoms with Crippen LogP contribution in [0.1, 0.15) is 25.7 Å². The third-order valence-corrected chi connectivity index (χ3v) is 5.00. The Hall–Kier alpha value is -0.910. The van der Waals surface area contributed by atoms with Crippen LogP contribution in [0.4, 0.5) is 0 Å². The standard InChI is InChI=1S/C9H13NO4S/c11-7-4-9(5-8(12)10-7)2-1-3-15(13,14)6-9/h1-6H2,(H,10,11,12). The minimum Gasteiger partial charge on any atom is -0.296 e. The summed E-state index contributed by atoms with van der Waals surface area (Å²) in [5, 5.41) is 2.21. The average molecular weight is 231 g/mol. The van der Waals surface area contributed by atoms with E-state index in [1.807, 2.05) is 0 Å². The lowest BCUT2D eigenvalue weighted by Crippen LogP contribution is -2.49. The molecule has 2 amide bonds. The Morgan fingerprint density at radius 1 is 1.13 bits per heavy atom. The first-order valence-corrected chi connectivity index (χ1v) is 6.76. The molecular weight excluding hydrogens is 218 g/mol. The van der Waals surface area contributed by atoms with E-state index in [0.717, 1.165) is 0 Å². The van der Waals surface area contributed by atoms with Crippen LogP contribution in [0.2, 0.25) is 0 Å². The Balaban J connectivity index is 2.25. The number of carbonyl (C=O) groups excluding carboxylic acids is 2. The Kier molecular flexibility index (Phi) is 2.33. The van der Waals surface area contributed by atoms with Crippen LogP contribution < -0.4 is 5.32 Å². The highest BCUT2D eigenvalue weighted by Gasteiger charge is 2.44. The Bertz CT molecular complexity index is 396. The smallest absolute Gasteiger partial charge is 0.227 e. The number of carbonyl (C=O) groups is 2. The van der Waals surface area contributed by atoms with Gasteiger partial charge in [0.05, 0.1) is 11.5 Å². The van der Waals surface area contributed by atoms with Gasteiger partial charge in [0.1, 0.15) is 0 Å². The van der Waals surface area contributed by atoms with E-state index in [9.17, 15) is 18.0 Å². The van der Waals surface area contributed by atoms with Crippen LogP contribution >= 0.6 is 0 Å². The topological polar surface area (TPSA) is 80.3 Å². The maximum absolute atomic E-state index is 11.5. The molecule has 1 N–H and O–H groups in total. The zero-order chi connectivity index (χ0) is 11.1. The summed E-state index contributed by atoms with van der Waals surface area (Å²) in [5.74, 6) is -0.518. The van der Waals surface area contributed by atoms with Crippen molar-refractivity contribution in [2.45, 2.75) is 25.7 Å². The Morgan fingerprint density at radius 2 is 1.73 bits per heavy atom. The summed E-state index contributed by atoms with van der Waals surface area (Å²) in [4.78, 5) is 22.5. The monoisotopic (exact) mass is 231 g/mol. The van der Waals surface area contributed by atoms with Gasteiger partial charge in [0.25, 0.3) is 0 Å². The number of piperidine rings is 1. The lowest BCUT2D eigenvalue weighted by Gasteiger charge is -2.38. The van der Waals surface area contributed by atoms with Crippen LogP contribution in [-0.4, -0.2) is 31.7 Å². The summed E-state index contributed by atoms with van der Waals surface area (Å²) < 4.78 is 23.0. The SMILES string of the molecule is O=C1CC2(CCCS(=O)(=O)C2)CC(=O)N1. The van der Waals surface area contributed by atoms with Gasteiger partial charge in [0.2, 0.25) is 11.8 Å². The van der Waals surface area contributed by atoms with Crippen LogP contribution in [0, 0.1) is 5.41 Å². The van der Waals surface area contributed by atoms with Gasteiger partial charge in [0.15, 0.2) is 9.84 Å². The van der Waals surface area contributed by atoms with E-state index in [1.165, 1.54) is 0 Å². The molecule has 0 aromatic rings. The molecule has 2 heterocycles. The van der Waals surface area contributed by atoms with Crippen molar-refractivity contribution in [3.05, 3.63) is 0 Å². The molecule has 0 unspecified atom stereocenters. The largest absolute Gasteiger partial charge is 0.296 e. The lowest BCUT2D eigenvalue weighted by atomic mass is 9.76. The minimum absolute atomic E-state index is 0.0147. The highest BCUT2D eigenvalue weighted by molar-refractivity contribution is 7.91. The van der Waals surface area contributed by atoms with Crippen LogP contribution in [0.25, 0.3) is 0 Å². The van der Waals surface area contributed by atoms with Crippen LogP contribution in [0.5, 0.6) is 0 Å². The van der Waals surface area contributed by atoms with Gasteiger partial charge in [-0.15, -0.1) is 0 Å². The molecule has 2 fully saturated rings. The van der Waals surface area contributed by atoms with Crippen molar-refractivity contribution < 1.29 is 18.0 Å². The summed E-state index contributed by atoms with van der Waals surface area (Å²) in [6, 6.07) is 0. The van der Waals surface area contributed by atoms with Crippen molar-refractivity contribution in [2.75, 3.05) is 11.5 Å². The summed E-state index contributed by atoms with van der Waals surface area (Å²) in [6.45, 7) is 0. The van der Waals surface area contributed by atoms with Crippen LogP contribution in [0.15, 0.2) is 0 Å². The molecule has 2 aliphatic rings. The van der Waals surface area contributed by atoms with Crippen LogP contribution in [-0.2, 0) is 19.4 Å². The summed E-state index contributed by atoms with van der Waals surface area (Å²) >= 11 is 0. The first-order valence-electron chi connectivity index (χ1n) is 4.94. The molecule has 2 aliphatic heterocycles. The summed E-state index contributed by atoms with van der Waals surface area (Å²) in [7, 11) is -3.07. The van der Waals surface area contributed by atoms with E-state index in [1.54, 1.807) is 0 Å². The maximum Gasteiger partial charge on any atom is 0.227 e. The molecule has 0 bridgehead atoms. The van der Waals surface area contributed by atoms with Gasteiger partial charge in [-0.25, -0.2) is 8.42 Å². The van der Waals surface area contributed by atoms with Gasteiger partial charge < -0.3 is 0 Å². The molecule has 0 aromatic heterocycles. The van der Waals surface area contributed by atoms with Gasteiger partial charge in [-0.1, -0.05) is 0 Å². The normalized spacial score (nSPS) is 28.8. The zero-order valence-corrected chi connectivity index (χ0v) is 9.10. The quantitative estimate of drug-likeness (QED) is 0.576. The highest BCUT2D eigenvalue weighted by atomic mass is 32.2. The first-order chi connectivity index (χ1) is 6.91. The summed E-state index contributed by atoms with van der Waals surface area (Å²) in [5.41, 5.74) is -0.615. The molecule has 5 nitrogen and oxygen atoms in total. The second-order valence-electron chi connectivity index (χ2n) is 4.52. The van der Waals surface area contributed by atoms with Crippen molar-refractivity contribution in [2.24, 2.45) is 5.41 Å². The second kappa shape index (κ2) is 3.30. The highest BCUT2D eigenvalue weighted by Crippen LogP contribution is 2.39. The molecule has 1 spiro atoms. The van der Waals surface area contributed by atoms with E-state index in [2.05, 4.69) is 5.32 Å². The van der Waals surface area contributed by atoms with E-state index in [0.29, 0.717) is 12.8 Å². The molecule has 15 heavy (non-hydrogen) atoms. The third kappa shape index (κ3) is 2.19. The minimum atomic E-state index is -3.07. The van der Waals surface area contributed by atoms with Crippen molar-refractivity contribution in [1.29, 1.82) is 0 Å². The predicted octanol–water partition coefficient (Wildman–Crippen LogP) is -0.382. The Labute approximate surface area is 88.1 Å². The molecule has 84 valence electrons. The molecule has 0 saturated carbocycles. The lowest BCUT2D eigenvalue weighted by molar-refractivity contribution is -0.137.